The number of fused-ring (bicyclic) bond motifs is 1. The highest BCUT2D eigenvalue weighted by Gasteiger charge is 2.46. The van der Waals surface area contributed by atoms with Crippen LogP contribution in [0.5, 0.6) is 0 Å². The Balaban J connectivity index is 1.45. The SMILES string of the molecule is CC(=O)N1[C@H](Cc2ccccc2)C[C@H]2[C@H]1CCCCCN2C(=O)c1cncc(-c2cncnc2)c1. The van der Waals surface area contributed by atoms with Gasteiger partial charge in [0.2, 0.25) is 5.91 Å². The molecule has 0 saturated carbocycles. The van der Waals surface area contributed by atoms with Gasteiger partial charge in [0.25, 0.3) is 5.91 Å². The Morgan fingerprint density at radius 1 is 0.914 bits per heavy atom. The minimum absolute atomic E-state index is 0.00382. The first-order chi connectivity index (χ1) is 17.1. The zero-order valence-electron chi connectivity index (χ0n) is 20.1. The van der Waals surface area contributed by atoms with Crippen molar-refractivity contribution in [2.24, 2.45) is 0 Å². The summed E-state index contributed by atoms with van der Waals surface area (Å²) in [5, 5.41) is 0. The molecule has 2 aliphatic heterocycles. The summed E-state index contributed by atoms with van der Waals surface area (Å²) >= 11 is 0. The number of amides is 2. The van der Waals surface area contributed by atoms with E-state index in [4.69, 9.17) is 0 Å². The summed E-state index contributed by atoms with van der Waals surface area (Å²) < 4.78 is 0. The molecule has 0 radical (unpaired) electrons. The molecule has 35 heavy (non-hydrogen) atoms. The van der Waals surface area contributed by atoms with Crippen LogP contribution in [0.2, 0.25) is 0 Å². The van der Waals surface area contributed by atoms with E-state index in [9.17, 15) is 9.59 Å². The monoisotopic (exact) mass is 469 g/mol. The van der Waals surface area contributed by atoms with E-state index < -0.39 is 0 Å². The fourth-order valence-corrected chi connectivity index (χ4v) is 5.79. The highest BCUT2D eigenvalue weighted by molar-refractivity contribution is 5.95. The van der Waals surface area contributed by atoms with Crippen LogP contribution in [-0.4, -0.2) is 61.2 Å². The molecule has 2 aliphatic rings. The number of nitrogens with zero attached hydrogens (tertiary/aromatic N) is 5. The molecule has 3 atom stereocenters. The van der Waals surface area contributed by atoms with Gasteiger partial charge in [0.1, 0.15) is 6.33 Å². The number of rotatable bonds is 4. The van der Waals surface area contributed by atoms with Gasteiger partial charge in [-0.25, -0.2) is 9.97 Å². The van der Waals surface area contributed by atoms with Crippen LogP contribution in [0.4, 0.5) is 0 Å². The summed E-state index contributed by atoms with van der Waals surface area (Å²) in [6.07, 6.45) is 13.9. The number of hydrogen-bond donors (Lipinski definition) is 0. The molecule has 2 amide bonds. The van der Waals surface area contributed by atoms with Crippen LogP contribution < -0.4 is 0 Å². The summed E-state index contributed by atoms with van der Waals surface area (Å²) in [5.41, 5.74) is 3.43. The third-order valence-corrected chi connectivity index (χ3v) is 7.33. The van der Waals surface area contributed by atoms with Crippen molar-refractivity contribution in [2.75, 3.05) is 6.54 Å². The average Bonchev–Trinajstić information content (AvgIpc) is 3.22. The summed E-state index contributed by atoms with van der Waals surface area (Å²) in [6, 6.07) is 12.3. The van der Waals surface area contributed by atoms with Gasteiger partial charge in [-0.1, -0.05) is 43.2 Å². The minimum Gasteiger partial charge on any atom is -0.334 e. The first kappa shape index (κ1) is 23.1. The van der Waals surface area contributed by atoms with Gasteiger partial charge < -0.3 is 9.80 Å². The number of hydrogen-bond acceptors (Lipinski definition) is 5. The predicted octanol–water partition coefficient (Wildman–Crippen LogP) is 4.16. The Labute approximate surface area is 206 Å². The average molecular weight is 470 g/mol. The van der Waals surface area contributed by atoms with Crippen LogP contribution in [-0.2, 0) is 11.2 Å². The second-order valence-electron chi connectivity index (χ2n) is 9.58. The van der Waals surface area contributed by atoms with Crippen molar-refractivity contribution in [1.29, 1.82) is 0 Å². The van der Waals surface area contributed by atoms with Crippen molar-refractivity contribution < 1.29 is 9.59 Å². The first-order valence-electron chi connectivity index (χ1n) is 12.5. The Hall–Kier alpha value is -3.61. The second kappa shape index (κ2) is 10.3. The standard InChI is InChI=1S/C28H31N5O2/c1-20(34)33-25(12-21-8-4-2-5-9-21)14-27-26(33)10-6-3-7-11-32(27)28(35)23-13-22(15-29-16-23)24-17-30-19-31-18-24/h2,4-5,8-9,13,15-19,25-27H,3,6-7,10-12,14H2,1H3/t25-,26-,27+/m1/s1. The van der Waals surface area contributed by atoms with E-state index in [0.717, 1.165) is 49.7 Å². The number of aromatic nitrogens is 3. The Bertz CT molecular complexity index is 1170. The fourth-order valence-electron chi connectivity index (χ4n) is 5.79. The molecule has 2 fully saturated rings. The molecule has 7 nitrogen and oxygen atoms in total. The van der Waals surface area contributed by atoms with Crippen molar-refractivity contribution in [3.63, 3.8) is 0 Å². The van der Waals surface area contributed by atoms with Gasteiger partial charge in [-0.2, -0.15) is 0 Å². The molecule has 180 valence electrons. The van der Waals surface area contributed by atoms with Crippen molar-refractivity contribution in [2.45, 2.75) is 63.6 Å². The number of pyridine rings is 1. The van der Waals surface area contributed by atoms with Gasteiger partial charge in [-0.15, -0.1) is 0 Å². The number of carbonyl (C=O) groups excluding carboxylic acids is 2. The molecule has 4 heterocycles. The molecule has 3 aromatic rings. The summed E-state index contributed by atoms with van der Waals surface area (Å²) in [6.45, 7) is 2.36. The Kier molecular flexibility index (Phi) is 6.84. The molecule has 0 N–H and O–H groups in total. The quantitative estimate of drug-likeness (QED) is 0.573. The van der Waals surface area contributed by atoms with Crippen LogP contribution in [0.1, 0.15) is 54.9 Å². The van der Waals surface area contributed by atoms with E-state index in [1.165, 1.54) is 11.9 Å². The van der Waals surface area contributed by atoms with Gasteiger partial charge in [-0.05, 0) is 37.3 Å². The topological polar surface area (TPSA) is 79.3 Å². The normalized spacial score (nSPS) is 22.3. The van der Waals surface area contributed by atoms with Gasteiger partial charge in [0, 0.05) is 55.4 Å². The molecule has 0 bridgehead atoms. The van der Waals surface area contributed by atoms with E-state index in [0.29, 0.717) is 12.1 Å². The molecular formula is C28H31N5O2. The molecule has 0 spiro atoms. The van der Waals surface area contributed by atoms with Gasteiger partial charge >= 0.3 is 0 Å². The molecule has 0 aliphatic carbocycles. The number of benzene rings is 1. The molecule has 5 rings (SSSR count). The smallest absolute Gasteiger partial charge is 0.255 e. The van der Waals surface area contributed by atoms with Crippen molar-refractivity contribution >= 4 is 11.8 Å². The molecule has 0 unspecified atom stereocenters. The highest BCUT2D eigenvalue weighted by Crippen LogP contribution is 2.36. The number of carbonyl (C=O) groups is 2. The lowest BCUT2D eigenvalue weighted by molar-refractivity contribution is -0.132. The van der Waals surface area contributed by atoms with E-state index in [-0.39, 0.29) is 29.9 Å². The van der Waals surface area contributed by atoms with Crippen LogP contribution in [0, 0.1) is 0 Å². The Morgan fingerprint density at radius 2 is 1.69 bits per heavy atom. The Morgan fingerprint density at radius 3 is 2.46 bits per heavy atom. The largest absolute Gasteiger partial charge is 0.334 e. The molecule has 7 heteroatoms. The molecule has 1 aromatic carbocycles. The van der Waals surface area contributed by atoms with Crippen LogP contribution >= 0.6 is 0 Å². The van der Waals surface area contributed by atoms with E-state index in [2.05, 4.69) is 32.0 Å². The lowest BCUT2D eigenvalue weighted by Crippen LogP contribution is -2.50. The minimum atomic E-state index is -0.0167. The van der Waals surface area contributed by atoms with Crippen molar-refractivity contribution in [3.8, 4) is 11.1 Å². The third kappa shape index (κ3) is 4.94. The zero-order valence-corrected chi connectivity index (χ0v) is 20.1. The number of likely N-dealkylation sites (tertiary alicyclic amines) is 2. The lowest BCUT2D eigenvalue weighted by atomic mass is 9.95. The van der Waals surface area contributed by atoms with E-state index >= 15 is 0 Å². The molecular weight excluding hydrogens is 438 g/mol. The maximum Gasteiger partial charge on any atom is 0.255 e. The maximum absolute atomic E-state index is 13.9. The van der Waals surface area contributed by atoms with Gasteiger partial charge in [-0.3, -0.25) is 14.6 Å². The molecule has 2 aromatic heterocycles. The van der Waals surface area contributed by atoms with Crippen LogP contribution in [0.15, 0.2) is 67.5 Å². The summed E-state index contributed by atoms with van der Waals surface area (Å²) in [4.78, 5) is 43.3. The maximum atomic E-state index is 13.9. The predicted molar refractivity (Wildman–Crippen MR) is 133 cm³/mol. The van der Waals surface area contributed by atoms with Crippen molar-refractivity contribution in [1.82, 2.24) is 24.8 Å². The fraction of sp³-hybridized carbons (Fsp3) is 0.393. The highest BCUT2D eigenvalue weighted by atomic mass is 16.2. The van der Waals surface area contributed by atoms with E-state index in [1.54, 1.807) is 31.7 Å². The first-order valence-corrected chi connectivity index (χ1v) is 12.5. The summed E-state index contributed by atoms with van der Waals surface area (Å²) in [5.74, 6) is 0.0797. The van der Waals surface area contributed by atoms with Crippen LogP contribution in [0.25, 0.3) is 11.1 Å². The zero-order chi connectivity index (χ0) is 24.2. The summed E-state index contributed by atoms with van der Waals surface area (Å²) in [7, 11) is 0. The van der Waals surface area contributed by atoms with Crippen molar-refractivity contribution in [3.05, 3.63) is 78.6 Å². The lowest BCUT2D eigenvalue weighted by Gasteiger charge is -2.37. The van der Waals surface area contributed by atoms with Crippen LogP contribution in [0.3, 0.4) is 0 Å². The third-order valence-electron chi connectivity index (χ3n) is 7.33. The molecule has 2 saturated heterocycles. The second-order valence-corrected chi connectivity index (χ2v) is 9.58. The van der Waals surface area contributed by atoms with Gasteiger partial charge in [0.05, 0.1) is 17.6 Å². The van der Waals surface area contributed by atoms with E-state index in [1.807, 2.05) is 29.2 Å². The van der Waals surface area contributed by atoms with Gasteiger partial charge in [0.15, 0.2) is 0 Å².